The van der Waals surface area contributed by atoms with Crippen molar-refractivity contribution in [2.24, 2.45) is 5.73 Å². The SMILES string of the molecule is COc1cc(/C=C/c2nc(C3(N)CCC3)no2)cc(OC)c1OC. The van der Waals surface area contributed by atoms with E-state index in [0.717, 1.165) is 24.8 Å². The first-order chi connectivity index (χ1) is 11.6. The summed E-state index contributed by atoms with van der Waals surface area (Å²) in [5.41, 5.74) is 6.62. The van der Waals surface area contributed by atoms with Gasteiger partial charge < -0.3 is 24.5 Å². The molecule has 1 fully saturated rings. The number of ether oxygens (including phenoxy) is 3. The summed E-state index contributed by atoms with van der Waals surface area (Å²) >= 11 is 0. The second-order valence-corrected chi connectivity index (χ2v) is 5.76. The third-order valence-corrected chi connectivity index (χ3v) is 4.24. The molecule has 3 rings (SSSR count). The molecule has 7 nitrogen and oxygen atoms in total. The number of benzene rings is 1. The van der Waals surface area contributed by atoms with E-state index in [1.54, 1.807) is 27.4 Å². The minimum atomic E-state index is -0.428. The Labute approximate surface area is 140 Å². The van der Waals surface area contributed by atoms with E-state index in [9.17, 15) is 0 Å². The Morgan fingerprint density at radius 1 is 1.08 bits per heavy atom. The second-order valence-electron chi connectivity index (χ2n) is 5.76. The number of hydrogen-bond acceptors (Lipinski definition) is 7. The molecule has 1 saturated carbocycles. The van der Waals surface area contributed by atoms with Crippen LogP contribution in [0.4, 0.5) is 0 Å². The fraction of sp³-hybridized carbons (Fsp3) is 0.412. The first-order valence-electron chi connectivity index (χ1n) is 7.71. The van der Waals surface area contributed by atoms with Crippen LogP contribution in [-0.4, -0.2) is 31.5 Å². The van der Waals surface area contributed by atoms with Gasteiger partial charge in [0.15, 0.2) is 17.3 Å². The van der Waals surface area contributed by atoms with Gasteiger partial charge in [-0.1, -0.05) is 5.16 Å². The van der Waals surface area contributed by atoms with Crippen LogP contribution in [0.1, 0.15) is 36.5 Å². The molecule has 1 aromatic carbocycles. The van der Waals surface area contributed by atoms with E-state index >= 15 is 0 Å². The van der Waals surface area contributed by atoms with Crippen molar-refractivity contribution in [3.05, 3.63) is 29.4 Å². The highest BCUT2D eigenvalue weighted by Crippen LogP contribution is 2.39. The molecule has 2 aromatic rings. The smallest absolute Gasteiger partial charge is 0.250 e. The van der Waals surface area contributed by atoms with Gasteiger partial charge in [0.1, 0.15) is 0 Å². The summed E-state index contributed by atoms with van der Waals surface area (Å²) in [5.74, 6) is 2.69. The molecule has 0 atom stereocenters. The minimum absolute atomic E-state index is 0.412. The Balaban J connectivity index is 1.84. The summed E-state index contributed by atoms with van der Waals surface area (Å²) in [5, 5.41) is 3.99. The third kappa shape index (κ3) is 2.94. The van der Waals surface area contributed by atoms with Crippen LogP contribution < -0.4 is 19.9 Å². The van der Waals surface area contributed by atoms with Gasteiger partial charge in [-0.25, -0.2) is 0 Å². The zero-order valence-corrected chi connectivity index (χ0v) is 14.0. The van der Waals surface area contributed by atoms with Crippen LogP contribution in [0.5, 0.6) is 17.2 Å². The van der Waals surface area contributed by atoms with Gasteiger partial charge in [-0.3, -0.25) is 0 Å². The summed E-state index contributed by atoms with van der Waals surface area (Å²) in [7, 11) is 4.72. The van der Waals surface area contributed by atoms with E-state index in [1.165, 1.54) is 0 Å². The average Bonchev–Trinajstić information content (AvgIpc) is 3.06. The monoisotopic (exact) mass is 331 g/mol. The molecule has 1 aliphatic rings. The topological polar surface area (TPSA) is 92.6 Å². The first-order valence-corrected chi connectivity index (χ1v) is 7.71. The van der Waals surface area contributed by atoms with Crippen molar-refractivity contribution in [1.29, 1.82) is 0 Å². The average molecular weight is 331 g/mol. The van der Waals surface area contributed by atoms with Crippen LogP contribution in [0, 0.1) is 0 Å². The highest BCUT2D eigenvalue weighted by molar-refractivity contribution is 5.70. The van der Waals surface area contributed by atoms with Gasteiger partial charge in [0.05, 0.1) is 26.9 Å². The Hall–Kier alpha value is -2.54. The van der Waals surface area contributed by atoms with E-state index in [0.29, 0.717) is 29.0 Å². The fourth-order valence-corrected chi connectivity index (χ4v) is 2.65. The lowest BCUT2D eigenvalue weighted by atomic mass is 9.77. The number of nitrogens with zero attached hydrogens (tertiary/aromatic N) is 2. The lowest BCUT2D eigenvalue weighted by Gasteiger charge is -2.34. The summed E-state index contributed by atoms with van der Waals surface area (Å²) < 4.78 is 21.2. The van der Waals surface area contributed by atoms with Crippen LogP contribution in [0.3, 0.4) is 0 Å². The van der Waals surface area contributed by atoms with Crippen LogP contribution in [0.25, 0.3) is 12.2 Å². The van der Waals surface area contributed by atoms with Crippen LogP contribution in [0.2, 0.25) is 0 Å². The predicted octanol–water partition coefficient (Wildman–Crippen LogP) is 2.60. The Bertz CT molecular complexity index is 725. The molecule has 1 aliphatic carbocycles. The minimum Gasteiger partial charge on any atom is -0.493 e. The second kappa shape index (κ2) is 6.52. The lowest BCUT2D eigenvalue weighted by molar-refractivity contribution is 0.229. The Kier molecular flexibility index (Phi) is 4.44. The van der Waals surface area contributed by atoms with Gasteiger partial charge in [-0.2, -0.15) is 4.98 Å². The van der Waals surface area contributed by atoms with Crippen molar-refractivity contribution in [3.63, 3.8) is 0 Å². The molecule has 0 spiro atoms. The first kappa shape index (κ1) is 16.3. The van der Waals surface area contributed by atoms with Crippen molar-refractivity contribution in [1.82, 2.24) is 10.1 Å². The number of nitrogens with two attached hydrogens (primary N) is 1. The van der Waals surface area contributed by atoms with Crippen LogP contribution in [-0.2, 0) is 5.54 Å². The van der Waals surface area contributed by atoms with Crippen molar-refractivity contribution in [2.45, 2.75) is 24.8 Å². The molecule has 0 amide bonds. The quantitative estimate of drug-likeness (QED) is 0.869. The largest absolute Gasteiger partial charge is 0.493 e. The van der Waals surface area contributed by atoms with Crippen molar-refractivity contribution >= 4 is 12.2 Å². The molecular weight excluding hydrogens is 310 g/mol. The van der Waals surface area contributed by atoms with Crippen LogP contribution >= 0.6 is 0 Å². The number of rotatable bonds is 6. The highest BCUT2D eigenvalue weighted by Gasteiger charge is 2.38. The van der Waals surface area contributed by atoms with E-state index in [1.807, 2.05) is 18.2 Å². The number of aromatic nitrogens is 2. The summed E-state index contributed by atoms with van der Waals surface area (Å²) in [6.45, 7) is 0. The van der Waals surface area contributed by atoms with Crippen LogP contribution in [0.15, 0.2) is 16.7 Å². The molecule has 2 N–H and O–H groups in total. The number of methoxy groups -OCH3 is 3. The summed E-state index contributed by atoms with van der Waals surface area (Å²) in [4.78, 5) is 4.36. The molecule has 24 heavy (non-hydrogen) atoms. The van der Waals surface area contributed by atoms with E-state index in [4.69, 9.17) is 24.5 Å². The highest BCUT2D eigenvalue weighted by atomic mass is 16.5. The van der Waals surface area contributed by atoms with Crippen molar-refractivity contribution in [2.75, 3.05) is 21.3 Å². The molecular formula is C17H21N3O4. The van der Waals surface area contributed by atoms with E-state index < -0.39 is 5.54 Å². The lowest BCUT2D eigenvalue weighted by Crippen LogP contribution is -2.44. The summed E-state index contributed by atoms with van der Waals surface area (Å²) in [6, 6.07) is 3.68. The molecule has 7 heteroatoms. The van der Waals surface area contributed by atoms with Gasteiger partial charge in [0, 0.05) is 6.08 Å². The molecule has 0 bridgehead atoms. The van der Waals surface area contributed by atoms with Crippen molar-refractivity contribution in [3.8, 4) is 17.2 Å². The number of hydrogen-bond donors (Lipinski definition) is 1. The maximum atomic E-state index is 6.20. The third-order valence-electron chi connectivity index (χ3n) is 4.24. The molecule has 128 valence electrons. The predicted molar refractivity (Wildman–Crippen MR) is 89.0 cm³/mol. The van der Waals surface area contributed by atoms with Gasteiger partial charge in [0.2, 0.25) is 5.75 Å². The molecule has 1 heterocycles. The van der Waals surface area contributed by atoms with Gasteiger partial charge in [-0.15, -0.1) is 0 Å². The van der Waals surface area contributed by atoms with E-state index in [-0.39, 0.29) is 0 Å². The molecule has 0 radical (unpaired) electrons. The fourth-order valence-electron chi connectivity index (χ4n) is 2.65. The normalized spacial score (nSPS) is 16.0. The van der Waals surface area contributed by atoms with Gasteiger partial charge in [-0.05, 0) is 43.0 Å². The van der Waals surface area contributed by atoms with Gasteiger partial charge in [0.25, 0.3) is 5.89 Å². The molecule has 0 unspecified atom stereocenters. The Morgan fingerprint density at radius 2 is 1.75 bits per heavy atom. The molecule has 1 aromatic heterocycles. The zero-order valence-electron chi connectivity index (χ0n) is 14.0. The van der Waals surface area contributed by atoms with Crippen molar-refractivity contribution < 1.29 is 18.7 Å². The molecule has 0 saturated heterocycles. The summed E-state index contributed by atoms with van der Waals surface area (Å²) in [6.07, 6.45) is 6.46. The standard InChI is InChI=1S/C17H21N3O4/c1-21-12-9-11(10-13(22-2)15(12)23-3)5-6-14-19-16(20-24-14)17(18)7-4-8-17/h5-6,9-10H,4,7-8,18H2,1-3H3/b6-5+. The molecule has 0 aliphatic heterocycles. The Morgan fingerprint density at radius 3 is 2.25 bits per heavy atom. The maximum Gasteiger partial charge on any atom is 0.250 e. The zero-order chi connectivity index (χ0) is 17.2. The maximum absolute atomic E-state index is 6.20. The van der Waals surface area contributed by atoms with Gasteiger partial charge >= 0.3 is 0 Å². The van der Waals surface area contributed by atoms with E-state index in [2.05, 4.69) is 10.1 Å².